The smallest absolute Gasteiger partial charge is 0.320 e. The molecule has 72 valence electrons. The maximum atomic E-state index is 11.6. The SMILES string of the molecule is O=C(N1CC=CCC1)N1CC(O)C1. The number of aliphatic hydroxyl groups excluding tert-OH is 1. The van der Waals surface area contributed by atoms with Crippen LogP contribution in [0.4, 0.5) is 4.79 Å². The van der Waals surface area contributed by atoms with Crippen LogP contribution in [0, 0.1) is 0 Å². The number of urea groups is 1. The van der Waals surface area contributed by atoms with E-state index in [-0.39, 0.29) is 12.1 Å². The molecule has 0 unspecified atom stereocenters. The molecule has 0 aromatic rings. The van der Waals surface area contributed by atoms with Gasteiger partial charge >= 0.3 is 6.03 Å². The van der Waals surface area contributed by atoms with Crippen molar-refractivity contribution in [3.8, 4) is 0 Å². The number of nitrogens with zero attached hydrogens (tertiary/aromatic N) is 2. The van der Waals surface area contributed by atoms with Gasteiger partial charge in [0, 0.05) is 13.1 Å². The summed E-state index contributed by atoms with van der Waals surface area (Å²) in [6.07, 6.45) is 4.75. The number of hydrogen-bond donors (Lipinski definition) is 1. The van der Waals surface area contributed by atoms with Crippen molar-refractivity contribution in [3.05, 3.63) is 12.2 Å². The summed E-state index contributed by atoms with van der Waals surface area (Å²) in [6, 6.07) is 0.0645. The van der Waals surface area contributed by atoms with Gasteiger partial charge in [-0.25, -0.2) is 4.79 Å². The summed E-state index contributed by atoms with van der Waals surface area (Å²) in [7, 11) is 0. The average Bonchev–Trinajstić information content (AvgIpc) is 2.13. The van der Waals surface area contributed by atoms with Crippen molar-refractivity contribution in [2.24, 2.45) is 0 Å². The second-order valence-electron chi connectivity index (χ2n) is 3.55. The lowest BCUT2D eigenvalue weighted by Crippen LogP contribution is -2.57. The van der Waals surface area contributed by atoms with E-state index in [1.807, 2.05) is 11.0 Å². The van der Waals surface area contributed by atoms with E-state index in [2.05, 4.69) is 6.08 Å². The van der Waals surface area contributed by atoms with Gasteiger partial charge in [-0.15, -0.1) is 0 Å². The summed E-state index contributed by atoms with van der Waals surface area (Å²) in [6.45, 7) is 2.52. The van der Waals surface area contributed by atoms with Crippen LogP contribution in [0.2, 0.25) is 0 Å². The molecule has 0 atom stereocenters. The van der Waals surface area contributed by atoms with Gasteiger partial charge in [0.25, 0.3) is 0 Å². The van der Waals surface area contributed by atoms with Crippen LogP contribution in [-0.2, 0) is 0 Å². The molecule has 4 nitrogen and oxygen atoms in total. The molecule has 13 heavy (non-hydrogen) atoms. The zero-order valence-corrected chi connectivity index (χ0v) is 7.52. The lowest BCUT2D eigenvalue weighted by molar-refractivity contribution is 0.0158. The van der Waals surface area contributed by atoms with E-state index in [4.69, 9.17) is 5.11 Å². The van der Waals surface area contributed by atoms with Crippen LogP contribution >= 0.6 is 0 Å². The normalized spacial score (nSPS) is 23.2. The zero-order valence-electron chi connectivity index (χ0n) is 7.52. The Morgan fingerprint density at radius 2 is 2.08 bits per heavy atom. The van der Waals surface area contributed by atoms with Gasteiger partial charge in [-0.05, 0) is 6.42 Å². The Balaban J connectivity index is 1.86. The largest absolute Gasteiger partial charge is 0.389 e. The maximum Gasteiger partial charge on any atom is 0.320 e. The van der Waals surface area contributed by atoms with Gasteiger partial charge in [0.2, 0.25) is 0 Å². The monoisotopic (exact) mass is 182 g/mol. The molecule has 2 aliphatic heterocycles. The molecule has 2 heterocycles. The van der Waals surface area contributed by atoms with Crippen molar-refractivity contribution in [3.63, 3.8) is 0 Å². The summed E-state index contributed by atoms with van der Waals surface area (Å²) in [4.78, 5) is 15.1. The van der Waals surface area contributed by atoms with Crippen molar-refractivity contribution < 1.29 is 9.90 Å². The highest BCUT2D eigenvalue weighted by atomic mass is 16.3. The lowest BCUT2D eigenvalue weighted by Gasteiger charge is -2.39. The highest BCUT2D eigenvalue weighted by molar-refractivity contribution is 5.75. The van der Waals surface area contributed by atoms with Crippen LogP contribution in [0.25, 0.3) is 0 Å². The van der Waals surface area contributed by atoms with Gasteiger partial charge in [0.05, 0.1) is 19.2 Å². The van der Waals surface area contributed by atoms with Crippen LogP contribution in [0.5, 0.6) is 0 Å². The molecule has 0 spiro atoms. The number of carbonyl (C=O) groups is 1. The molecule has 4 heteroatoms. The third kappa shape index (κ3) is 1.67. The topological polar surface area (TPSA) is 43.8 Å². The first-order valence-corrected chi connectivity index (χ1v) is 4.64. The third-order valence-electron chi connectivity index (χ3n) is 2.46. The first-order valence-electron chi connectivity index (χ1n) is 4.64. The molecular weight excluding hydrogens is 168 g/mol. The summed E-state index contributed by atoms with van der Waals surface area (Å²) in [5.41, 5.74) is 0. The van der Waals surface area contributed by atoms with Gasteiger partial charge in [-0.2, -0.15) is 0 Å². The molecule has 0 radical (unpaired) electrons. The van der Waals surface area contributed by atoms with E-state index < -0.39 is 0 Å². The van der Waals surface area contributed by atoms with E-state index >= 15 is 0 Å². The van der Waals surface area contributed by atoms with Gasteiger partial charge < -0.3 is 14.9 Å². The Morgan fingerprint density at radius 3 is 2.62 bits per heavy atom. The van der Waals surface area contributed by atoms with E-state index in [0.717, 1.165) is 13.0 Å². The Bertz CT molecular complexity index is 234. The van der Waals surface area contributed by atoms with Crippen LogP contribution < -0.4 is 0 Å². The quantitative estimate of drug-likeness (QED) is 0.538. The van der Waals surface area contributed by atoms with Crippen LogP contribution in [0.3, 0.4) is 0 Å². The molecule has 0 aromatic heterocycles. The Morgan fingerprint density at radius 1 is 1.31 bits per heavy atom. The highest BCUT2D eigenvalue weighted by Crippen LogP contribution is 2.12. The summed E-state index contributed by atoms with van der Waals surface area (Å²) < 4.78 is 0. The number of amides is 2. The molecule has 1 fully saturated rings. The minimum absolute atomic E-state index is 0.0645. The maximum absolute atomic E-state index is 11.6. The first kappa shape index (κ1) is 8.56. The fourth-order valence-electron chi connectivity index (χ4n) is 1.63. The first-order chi connectivity index (χ1) is 6.27. The summed E-state index contributed by atoms with van der Waals surface area (Å²) >= 11 is 0. The molecular formula is C9H14N2O2. The fraction of sp³-hybridized carbons (Fsp3) is 0.667. The number of aliphatic hydroxyl groups is 1. The lowest BCUT2D eigenvalue weighted by atomic mass is 10.2. The van der Waals surface area contributed by atoms with Crippen LogP contribution in [0.1, 0.15) is 6.42 Å². The molecule has 0 bridgehead atoms. The van der Waals surface area contributed by atoms with Crippen molar-refractivity contribution >= 4 is 6.03 Å². The van der Waals surface area contributed by atoms with Gasteiger partial charge in [-0.1, -0.05) is 12.2 Å². The minimum Gasteiger partial charge on any atom is -0.389 e. The van der Waals surface area contributed by atoms with Crippen molar-refractivity contribution in [2.45, 2.75) is 12.5 Å². The Labute approximate surface area is 77.4 Å². The average molecular weight is 182 g/mol. The van der Waals surface area contributed by atoms with Crippen molar-refractivity contribution in [2.75, 3.05) is 26.2 Å². The zero-order chi connectivity index (χ0) is 9.26. The highest BCUT2D eigenvalue weighted by Gasteiger charge is 2.31. The summed E-state index contributed by atoms with van der Waals surface area (Å²) in [5, 5.41) is 9.04. The second-order valence-corrected chi connectivity index (χ2v) is 3.55. The van der Waals surface area contributed by atoms with Crippen LogP contribution in [-0.4, -0.2) is 53.2 Å². The molecule has 2 amide bonds. The predicted octanol–water partition coefficient (Wildman–Crippen LogP) is 0.0448. The minimum atomic E-state index is -0.302. The second kappa shape index (κ2) is 3.38. The molecule has 1 saturated heterocycles. The van der Waals surface area contributed by atoms with E-state index in [0.29, 0.717) is 19.6 Å². The number of hydrogen-bond acceptors (Lipinski definition) is 2. The number of likely N-dealkylation sites (tertiary alicyclic amines) is 1. The molecule has 0 aromatic carbocycles. The molecule has 2 rings (SSSR count). The Hall–Kier alpha value is -1.03. The standard InChI is InChI=1S/C9H14N2O2/c12-8-6-11(7-8)9(13)10-4-2-1-3-5-10/h1-2,8,12H,3-7H2. The number of rotatable bonds is 0. The molecule has 1 N–H and O–H groups in total. The molecule has 2 aliphatic rings. The Kier molecular flexibility index (Phi) is 2.22. The van der Waals surface area contributed by atoms with E-state index in [1.165, 1.54) is 0 Å². The van der Waals surface area contributed by atoms with Gasteiger partial charge in [0.1, 0.15) is 0 Å². The fourth-order valence-corrected chi connectivity index (χ4v) is 1.63. The molecule has 0 saturated carbocycles. The number of carbonyl (C=O) groups excluding carboxylic acids is 1. The molecule has 0 aliphatic carbocycles. The van der Waals surface area contributed by atoms with Crippen molar-refractivity contribution in [1.82, 2.24) is 9.80 Å². The van der Waals surface area contributed by atoms with Gasteiger partial charge in [0.15, 0.2) is 0 Å². The summed E-state index contributed by atoms with van der Waals surface area (Å²) in [5.74, 6) is 0. The van der Waals surface area contributed by atoms with Gasteiger partial charge in [-0.3, -0.25) is 0 Å². The number of β-amino-alcohol motifs (C(OH)–C–C–N with tert-alkyl or cyclic N) is 1. The van der Waals surface area contributed by atoms with Crippen LogP contribution in [0.15, 0.2) is 12.2 Å². The van der Waals surface area contributed by atoms with Crippen molar-refractivity contribution in [1.29, 1.82) is 0 Å². The predicted molar refractivity (Wildman–Crippen MR) is 48.3 cm³/mol. The van der Waals surface area contributed by atoms with E-state index in [1.54, 1.807) is 4.90 Å². The van der Waals surface area contributed by atoms with E-state index in [9.17, 15) is 4.79 Å². The third-order valence-corrected chi connectivity index (χ3v) is 2.46.